The zero-order chi connectivity index (χ0) is 25.1. The van der Waals surface area contributed by atoms with E-state index in [-0.39, 0.29) is 12.0 Å². The van der Waals surface area contributed by atoms with Gasteiger partial charge in [-0.25, -0.2) is 0 Å². The molecule has 2 unspecified atom stereocenters. The van der Waals surface area contributed by atoms with Gasteiger partial charge >= 0.3 is 0 Å². The van der Waals surface area contributed by atoms with Crippen LogP contribution in [0.15, 0.2) is 0 Å². The van der Waals surface area contributed by atoms with E-state index in [1.807, 2.05) is 0 Å². The lowest BCUT2D eigenvalue weighted by atomic mass is 10.0. The smallest absolute Gasteiger partial charge is 0.220 e. The number of rotatable bonds is 27. The van der Waals surface area contributed by atoms with Gasteiger partial charge < -0.3 is 15.5 Å². The Morgan fingerprint density at radius 2 is 0.882 bits per heavy atom. The SMILES string of the molecule is CCCCCCCCCCC(O)CNC(=O)CCCCCCCCCCC(O)CCCCCC. The Morgan fingerprint density at radius 1 is 0.529 bits per heavy atom. The Labute approximate surface area is 213 Å². The molecule has 0 rings (SSSR count). The number of hydrogen-bond acceptors (Lipinski definition) is 3. The number of nitrogens with one attached hydrogen (secondary N) is 1. The monoisotopic (exact) mass is 483 g/mol. The van der Waals surface area contributed by atoms with Gasteiger partial charge in [-0.15, -0.1) is 0 Å². The van der Waals surface area contributed by atoms with Gasteiger partial charge in [0.25, 0.3) is 0 Å². The molecule has 0 aromatic rings. The summed E-state index contributed by atoms with van der Waals surface area (Å²) in [5.74, 6) is 0.0863. The molecule has 204 valence electrons. The van der Waals surface area contributed by atoms with Gasteiger partial charge in [-0.2, -0.15) is 0 Å². The van der Waals surface area contributed by atoms with Crippen LogP contribution < -0.4 is 5.32 Å². The van der Waals surface area contributed by atoms with E-state index in [2.05, 4.69) is 19.2 Å². The first-order valence-electron chi connectivity index (χ1n) is 15.2. The van der Waals surface area contributed by atoms with Crippen LogP contribution >= 0.6 is 0 Å². The highest BCUT2D eigenvalue weighted by Crippen LogP contribution is 2.14. The molecule has 0 radical (unpaired) electrons. The second-order valence-corrected chi connectivity index (χ2v) is 10.6. The standard InChI is InChI=1S/C30H61NO3/c1-3-5-7-9-10-13-17-21-25-29(33)27-31-30(34)26-22-18-15-12-11-14-16-20-24-28(32)23-19-8-6-4-2/h28-29,32-33H,3-27H2,1-2H3,(H,31,34). The Kier molecular flexibility index (Phi) is 26.5. The number of carbonyl (C=O) groups excluding carboxylic acids is 1. The molecule has 0 spiro atoms. The van der Waals surface area contributed by atoms with Gasteiger partial charge in [-0.1, -0.05) is 136 Å². The second kappa shape index (κ2) is 27.0. The Morgan fingerprint density at radius 3 is 1.35 bits per heavy atom. The largest absolute Gasteiger partial charge is 0.393 e. The van der Waals surface area contributed by atoms with Gasteiger partial charge in [0.2, 0.25) is 5.91 Å². The summed E-state index contributed by atoms with van der Waals surface area (Å²) in [6.45, 7) is 4.87. The maximum absolute atomic E-state index is 12.0. The first-order chi connectivity index (χ1) is 16.6. The fourth-order valence-corrected chi connectivity index (χ4v) is 4.61. The van der Waals surface area contributed by atoms with Gasteiger partial charge in [0.05, 0.1) is 12.2 Å². The fourth-order valence-electron chi connectivity index (χ4n) is 4.61. The predicted octanol–water partition coefficient (Wildman–Crippen LogP) is 8.23. The zero-order valence-corrected chi connectivity index (χ0v) is 23.1. The van der Waals surface area contributed by atoms with Crippen LogP contribution in [-0.2, 0) is 4.79 Å². The van der Waals surface area contributed by atoms with Crippen LogP contribution in [0.3, 0.4) is 0 Å². The first-order valence-corrected chi connectivity index (χ1v) is 15.2. The van der Waals surface area contributed by atoms with E-state index >= 15 is 0 Å². The molecule has 34 heavy (non-hydrogen) atoms. The maximum atomic E-state index is 12.0. The molecule has 0 aromatic carbocycles. The Bertz CT molecular complexity index is 416. The number of amides is 1. The van der Waals surface area contributed by atoms with Crippen molar-refractivity contribution in [2.45, 2.75) is 180 Å². The molecular formula is C30H61NO3. The maximum Gasteiger partial charge on any atom is 0.220 e. The molecule has 0 aliphatic carbocycles. The summed E-state index contributed by atoms with van der Waals surface area (Å²) < 4.78 is 0. The number of aliphatic hydroxyl groups excluding tert-OH is 2. The van der Waals surface area contributed by atoms with Gasteiger partial charge in [0.1, 0.15) is 0 Å². The third kappa shape index (κ3) is 26.0. The van der Waals surface area contributed by atoms with E-state index in [1.54, 1.807) is 0 Å². The molecule has 4 nitrogen and oxygen atoms in total. The average Bonchev–Trinajstić information content (AvgIpc) is 2.83. The van der Waals surface area contributed by atoms with Gasteiger partial charge in [-0.05, 0) is 25.7 Å². The molecule has 0 heterocycles. The summed E-state index contributed by atoms with van der Waals surface area (Å²) in [6, 6.07) is 0. The minimum Gasteiger partial charge on any atom is -0.393 e. The highest BCUT2D eigenvalue weighted by atomic mass is 16.3. The summed E-state index contributed by atoms with van der Waals surface area (Å²) >= 11 is 0. The van der Waals surface area contributed by atoms with Gasteiger partial charge in [0.15, 0.2) is 0 Å². The number of aliphatic hydroxyl groups is 2. The van der Waals surface area contributed by atoms with Crippen LogP contribution in [0.1, 0.15) is 168 Å². The van der Waals surface area contributed by atoms with E-state index in [1.165, 1.54) is 103 Å². The molecule has 0 saturated carbocycles. The molecule has 0 bridgehead atoms. The molecular weight excluding hydrogens is 422 g/mol. The number of hydrogen-bond donors (Lipinski definition) is 3. The van der Waals surface area contributed by atoms with Crippen molar-refractivity contribution in [2.75, 3.05) is 6.54 Å². The quantitative estimate of drug-likeness (QED) is 0.103. The molecule has 4 heteroatoms. The summed E-state index contributed by atoms with van der Waals surface area (Å²) in [6.07, 6.45) is 27.4. The van der Waals surface area contributed by atoms with Crippen LogP contribution in [0, 0.1) is 0 Å². The molecule has 0 aromatic heterocycles. The van der Waals surface area contributed by atoms with E-state index in [0.29, 0.717) is 13.0 Å². The first kappa shape index (κ1) is 33.4. The van der Waals surface area contributed by atoms with Crippen molar-refractivity contribution in [2.24, 2.45) is 0 Å². The molecule has 3 N–H and O–H groups in total. The normalized spacial score (nSPS) is 13.2. The molecule has 0 fully saturated rings. The Hall–Kier alpha value is -0.610. The lowest BCUT2D eigenvalue weighted by Gasteiger charge is -2.12. The lowest BCUT2D eigenvalue weighted by molar-refractivity contribution is -0.121. The minimum absolute atomic E-state index is 0.0863. The summed E-state index contributed by atoms with van der Waals surface area (Å²) in [4.78, 5) is 12.0. The topological polar surface area (TPSA) is 69.6 Å². The van der Waals surface area contributed by atoms with Gasteiger partial charge in [-0.3, -0.25) is 4.79 Å². The third-order valence-corrected chi connectivity index (χ3v) is 7.01. The number of carbonyl (C=O) groups is 1. The summed E-state index contributed by atoms with van der Waals surface area (Å²) in [5.41, 5.74) is 0. The lowest BCUT2D eigenvalue weighted by Crippen LogP contribution is -2.31. The predicted molar refractivity (Wildman–Crippen MR) is 147 cm³/mol. The molecule has 0 aliphatic rings. The average molecular weight is 484 g/mol. The van der Waals surface area contributed by atoms with E-state index in [0.717, 1.165) is 44.9 Å². The van der Waals surface area contributed by atoms with Crippen LogP contribution in [-0.4, -0.2) is 34.9 Å². The minimum atomic E-state index is -0.397. The van der Waals surface area contributed by atoms with Crippen molar-refractivity contribution < 1.29 is 15.0 Å². The van der Waals surface area contributed by atoms with Crippen LogP contribution in [0.25, 0.3) is 0 Å². The van der Waals surface area contributed by atoms with Crippen molar-refractivity contribution in [1.82, 2.24) is 5.32 Å². The van der Waals surface area contributed by atoms with E-state index in [4.69, 9.17) is 0 Å². The van der Waals surface area contributed by atoms with E-state index < -0.39 is 6.10 Å². The zero-order valence-electron chi connectivity index (χ0n) is 23.1. The highest BCUT2D eigenvalue weighted by Gasteiger charge is 2.07. The third-order valence-electron chi connectivity index (χ3n) is 7.01. The summed E-state index contributed by atoms with van der Waals surface area (Å²) in [7, 11) is 0. The van der Waals surface area contributed by atoms with Crippen LogP contribution in [0.5, 0.6) is 0 Å². The van der Waals surface area contributed by atoms with Crippen molar-refractivity contribution in [1.29, 1.82) is 0 Å². The van der Waals surface area contributed by atoms with Crippen molar-refractivity contribution >= 4 is 5.91 Å². The molecule has 1 amide bonds. The van der Waals surface area contributed by atoms with Crippen molar-refractivity contribution in [3.63, 3.8) is 0 Å². The highest BCUT2D eigenvalue weighted by molar-refractivity contribution is 5.75. The van der Waals surface area contributed by atoms with Gasteiger partial charge in [0, 0.05) is 13.0 Å². The van der Waals surface area contributed by atoms with E-state index in [9.17, 15) is 15.0 Å². The Balaban J connectivity index is 3.34. The molecule has 0 aliphatic heterocycles. The fraction of sp³-hybridized carbons (Fsp3) is 0.967. The summed E-state index contributed by atoms with van der Waals surface area (Å²) in [5, 5.41) is 23.0. The van der Waals surface area contributed by atoms with Crippen LogP contribution in [0.2, 0.25) is 0 Å². The second-order valence-electron chi connectivity index (χ2n) is 10.6. The van der Waals surface area contributed by atoms with Crippen molar-refractivity contribution in [3.8, 4) is 0 Å². The molecule has 2 atom stereocenters. The molecule has 0 saturated heterocycles. The number of unbranched alkanes of at least 4 members (excludes halogenated alkanes) is 17. The van der Waals surface area contributed by atoms with Crippen LogP contribution in [0.4, 0.5) is 0 Å². The van der Waals surface area contributed by atoms with Crippen molar-refractivity contribution in [3.05, 3.63) is 0 Å².